The smallest absolute Gasteiger partial charge is 0.296 e. The molecule has 0 aliphatic carbocycles. The van der Waals surface area contributed by atoms with Crippen LogP contribution in [0.4, 0.5) is 11.4 Å². The van der Waals surface area contributed by atoms with Gasteiger partial charge in [-0.2, -0.15) is 0 Å². The second-order valence-electron chi connectivity index (χ2n) is 3.65. The van der Waals surface area contributed by atoms with E-state index < -0.39 is 10.8 Å². The molecule has 8 heteroatoms. The number of nitro groups is 1. The summed E-state index contributed by atoms with van der Waals surface area (Å²) in [6, 6.07) is 3.80. The highest BCUT2D eigenvalue weighted by atomic mass is 16.6. The molecule has 1 amide bonds. The fraction of sp³-hybridized carbons (Fsp3) is 0.364. The van der Waals surface area contributed by atoms with Crippen molar-refractivity contribution in [3.63, 3.8) is 0 Å². The van der Waals surface area contributed by atoms with Gasteiger partial charge in [-0.05, 0) is 6.07 Å². The van der Waals surface area contributed by atoms with Crippen LogP contribution >= 0.6 is 0 Å². The van der Waals surface area contributed by atoms with Gasteiger partial charge in [-0.15, -0.1) is 0 Å². The molecule has 0 bridgehead atoms. The molecule has 1 rings (SSSR count). The van der Waals surface area contributed by atoms with Crippen LogP contribution in [0.2, 0.25) is 0 Å². The van der Waals surface area contributed by atoms with Crippen LogP contribution in [0.1, 0.15) is 0 Å². The molecule has 0 saturated heterocycles. The lowest BCUT2D eigenvalue weighted by Crippen LogP contribution is -2.30. The largest absolute Gasteiger partial charge is 0.505 e. The van der Waals surface area contributed by atoms with Crippen LogP contribution in [0.15, 0.2) is 18.2 Å². The molecule has 0 aromatic heterocycles. The van der Waals surface area contributed by atoms with E-state index in [2.05, 4.69) is 10.6 Å². The highest BCUT2D eigenvalue weighted by Gasteiger charge is 2.19. The fourth-order valence-electron chi connectivity index (χ4n) is 1.37. The number of nitrogens with zero attached hydrogens (tertiary/aromatic N) is 1. The van der Waals surface area contributed by atoms with E-state index in [9.17, 15) is 20.0 Å². The van der Waals surface area contributed by atoms with Crippen molar-refractivity contribution in [1.82, 2.24) is 5.32 Å². The van der Waals surface area contributed by atoms with Gasteiger partial charge < -0.3 is 20.5 Å². The first kappa shape index (κ1) is 14.9. The van der Waals surface area contributed by atoms with Crippen molar-refractivity contribution < 1.29 is 19.6 Å². The van der Waals surface area contributed by atoms with E-state index in [-0.39, 0.29) is 23.7 Å². The first-order chi connectivity index (χ1) is 9.06. The van der Waals surface area contributed by atoms with Gasteiger partial charge in [-0.25, -0.2) is 0 Å². The van der Waals surface area contributed by atoms with Gasteiger partial charge in [-0.1, -0.05) is 6.07 Å². The number of nitro benzene ring substituents is 1. The van der Waals surface area contributed by atoms with Gasteiger partial charge in [0.05, 0.1) is 18.1 Å². The zero-order valence-corrected chi connectivity index (χ0v) is 10.4. The molecular weight excluding hydrogens is 254 g/mol. The topological polar surface area (TPSA) is 114 Å². The molecule has 0 aliphatic rings. The van der Waals surface area contributed by atoms with Crippen LogP contribution in [0.25, 0.3) is 0 Å². The van der Waals surface area contributed by atoms with Crippen molar-refractivity contribution in [2.45, 2.75) is 0 Å². The van der Waals surface area contributed by atoms with Crippen molar-refractivity contribution in [2.75, 3.05) is 32.1 Å². The molecule has 0 aliphatic heterocycles. The van der Waals surface area contributed by atoms with E-state index in [1.54, 1.807) is 0 Å². The number of phenols is 1. The molecule has 0 heterocycles. The van der Waals surface area contributed by atoms with Gasteiger partial charge in [-0.3, -0.25) is 14.9 Å². The molecule has 0 radical (unpaired) electrons. The predicted molar refractivity (Wildman–Crippen MR) is 68.1 cm³/mol. The standard InChI is InChI=1S/C11H15N3O5/c1-19-6-5-12-7-10(16)13-11-8(14(17)18)3-2-4-9(11)15/h2-4,12,15H,5-7H2,1H3,(H,13,16). The van der Waals surface area contributed by atoms with Crippen LogP contribution in [-0.4, -0.2) is 42.7 Å². The summed E-state index contributed by atoms with van der Waals surface area (Å²) in [6.45, 7) is 0.894. The normalized spacial score (nSPS) is 10.2. The Balaban J connectivity index is 2.66. The maximum absolute atomic E-state index is 11.6. The van der Waals surface area contributed by atoms with Crippen molar-refractivity contribution in [2.24, 2.45) is 0 Å². The number of para-hydroxylation sites is 1. The summed E-state index contributed by atoms with van der Waals surface area (Å²) >= 11 is 0. The van der Waals surface area contributed by atoms with Gasteiger partial charge in [0.25, 0.3) is 5.69 Å². The Morgan fingerprint density at radius 1 is 1.53 bits per heavy atom. The Bertz CT molecular complexity index is 464. The Hall–Kier alpha value is -2.19. The quantitative estimate of drug-likeness (QED) is 0.287. The number of phenolic OH excluding ortho intramolecular Hbond substituents is 1. The lowest BCUT2D eigenvalue weighted by molar-refractivity contribution is -0.384. The number of benzene rings is 1. The summed E-state index contributed by atoms with van der Waals surface area (Å²) in [4.78, 5) is 21.6. The monoisotopic (exact) mass is 269 g/mol. The molecule has 0 fully saturated rings. The first-order valence-corrected chi connectivity index (χ1v) is 5.52. The summed E-state index contributed by atoms with van der Waals surface area (Å²) in [5, 5.41) is 25.4. The molecule has 0 spiro atoms. The fourth-order valence-corrected chi connectivity index (χ4v) is 1.37. The van der Waals surface area contributed by atoms with Crippen molar-refractivity contribution in [3.05, 3.63) is 28.3 Å². The number of hydrogen-bond donors (Lipinski definition) is 3. The van der Waals surface area contributed by atoms with Gasteiger partial charge in [0.15, 0.2) is 5.69 Å². The average Bonchev–Trinajstić information content (AvgIpc) is 2.37. The van der Waals surface area contributed by atoms with Gasteiger partial charge in [0.2, 0.25) is 5.91 Å². The zero-order chi connectivity index (χ0) is 14.3. The Morgan fingerprint density at radius 2 is 2.26 bits per heavy atom. The molecule has 1 aromatic rings. The highest BCUT2D eigenvalue weighted by Crippen LogP contribution is 2.32. The van der Waals surface area contributed by atoms with Crippen LogP contribution in [-0.2, 0) is 9.53 Å². The minimum atomic E-state index is -0.673. The van der Waals surface area contributed by atoms with E-state index in [4.69, 9.17) is 4.74 Å². The van der Waals surface area contributed by atoms with E-state index in [0.29, 0.717) is 13.2 Å². The maximum Gasteiger partial charge on any atom is 0.296 e. The Labute approximate surface area is 109 Å². The summed E-state index contributed by atoms with van der Waals surface area (Å²) in [5.74, 6) is -0.833. The third-order valence-corrected chi connectivity index (χ3v) is 2.25. The van der Waals surface area contributed by atoms with E-state index in [1.807, 2.05) is 0 Å². The van der Waals surface area contributed by atoms with E-state index in [0.717, 1.165) is 0 Å². The minimum absolute atomic E-state index is 0.0329. The van der Waals surface area contributed by atoms with Crippen molar-refractivity contribution in [3.8, 4) is 5.75 Å². The molecule has 104 valence electrons. The summed E-state index contributed by atoms with van der Waals surface area (Å²) in [6.07, 6.45) is 0. The molecule has 0 unspecified atom stereocenters. The number of carbonyl (C=O) groups is 1. The molecule has 19 heavy (non-hydrogen) atoms. The summed E-state index contributed by atoms with van der Waals surface area (Å²) in [7, 11) is 1.53. The maximum atomic E-state index is 11.6. The lowest BCUT2D eigenvalue weighted by atomic mass is 10.2. The number of anilines is 1. The summed E-state index contributed by atoms with van der Waals surface area (Å²) < 4.78 is 4.79. The number of methoxy groups -OCH3 is 1. The van der Waals surface area contributed by atoms with Crippen LogP contribution < -0.4 is 10.6 Å². The summed E-state index contributed by atoms with van der Waals surface area (Å²) in [5.41, 5.74) is -0.559. The van der Waals surface area contributed by atoms with E-state index >= 15 is 0 Å². The first-order valence-electron chi connectivity index (χ1n) is 5.52. The molecule has 1 aromatic carbocycles. The molecule has 0 atom stereocenters. The molecular formula is C11H15N3O5. The number of hydrogen-bond acceptors (Lipinski definition) is 6. The van der Waals surface area contributed by atoms with Gasteiger partial charge >= 0.3 is 0 Å². The van der Waals surface area contributed by atoms with Crippen LogP contribution in [0.3, 0.4) is 0 Å². The number of carbonyl (C=O) groups excluding carboxylic acids is 1. The Kier molecular flexibility index (Phi) is 5.71. The third-order valence-electron chi connectivity index (χ3n) is 2.25. The molecule has 3 N–H and O–H groups in total. The zero-order valence-electron chi connectivity index (χ0n) is 10.4. The number of ether oxygens (including phenoxy) is 1. The van der Waals surface area contributed by atoms with Crippen LogP contribution in [0, 0.1) is 10.1 Å². The minimum Gasteiger partial charge on any atom is -0.505 e. The van der Waals surface area contributed by atoms with Gasteiger partial charge in [0, 0.05) is 19.7 Å². The number of nitrogens with one attached hydrogen (secondary N) is 2. The van der Waals surface area contributed by atoms with Crippen molar-refractivity contribution in [1.29, 1.82) is 0 Å². The SMILES string of the molecule is COCCNCC(=O)Nc1c(O)cccc1[N+](=O)[O-]. The third kappa shape index (κ3) is 4.53. The lowest BCUT2D eigenvalue weighted by Gasteiger charge is -2.08. The second-order valence-corrected chi connectivity index (χ2v) is 3.65. The van der Waals surface area contributed by atoms with Crippen molar-refractivity contribution >= 4 is 17.3 Å². The molecule has 0 saturated carbocycles. The van der Waals surface area contributed by atoms with E-state index in [1.165, 1.54) is 25.3 Å². The second kappa shape index (κ2) is 7.29. The number of aromatic hydroxyl groups is 1. The predicted octanol–water partition coefficient (Wildman–Crippen LogP) is 0.475. The Morgan fingerprint density at radius 3 is 2.89 bits per heavy atom. The highest BCUT2D eigenvalue weighted by molar-refractivity contribution is 5.96. The van der Waals surface area contributed by atoms with Gasteiger partial charge in [0.1, 0.15) is 5.75 Å². The number of rotatable bonds is 7. The van der Waals surface area contributed by atoms with Crippen LogP contribution in [0.5, 0.6) is 5.75 Å². The molecule has 8 nitrogen and oxygen atoms in total. The average molecular weight is 269 g/mol. The number of amides is 1.